The Bertz CT molecular complexity index is 2360. The first-order valence-electron chi connectivity index (χ1n) is 17.6. The highest BCUT2D eigenvalue weighted by Crippen LogP contribution is 2.66. The van der Waals surface area contributed by atoms with E-state index in [1.807, 2.05) is 12.1 Å². The van der Waals surface area contributed by atoms with Crippen LogP contribution in [-0.2, 0) is 5.60 Å². The predicted molar refractivity (Wildman–Crippen MR) is 205 cm³/mol. The second kappa shape index (κ2) is 10.7. The molecule has 9 rings (SSSR count). The third kappa shape index (κ3) is 4.03. The summed E-state index contributed by atoms with van der Waals surface area (Å²) in [6.45, 7) is 9.68. The molecule has 0 aromatic heterocycles. The molecular formula is C46H43NO3. The summed E-state index contributed by atoms with van der Waals surface area (Å²) in [6.07, 6.45) is 4.67. The third-order valence-electron chi connectivity index (χ3n) is 12.5. The van der Waals surface area contributed by atoms with Crippen molar-refractivity contribution in [3.63, 3.8) is 0 Å². The first kappa shape index (κ1) is 31.0. The Morgan fingerprint density at radius 2 is 1.34 bits per heavy atom. The van der Waals surface area contributed by atoms with Crippen molar-refractivity contribution in [3.8, 4) is 28.4 Å². The maximum Gasteiger partial charge on any atom is 0.178 e. The molecule has 0 radical (unpaired) electrons. The second-order valence-electron chi connectivity index (χ2n) is 15.3. The Labute approximate surface area is 294 Å². The minimum atomic E-state index is -0.905. The molecule has 0 N–H and O–H groups in total. The monoisotopic (exact) mass is 657 g/mol. The van der Waals surface area contributed by atoms with Crippen molar-refractivity contribution < 1.29 is 14.2 Å². The SMILES string of the molecule is COc1ccc(C2(c3cccc4ccccc34)C=Cc3c4c(c5ccc(OC)cc5c3O2)-c2ccccc2C2C4C(C)(C)N(C)C2(C)C)cc1. The molecule has 0 bridgehead atoms. The van der Waals surface area contributed by atoms with Gasteiger partial charge in [0.25, 0.3) is 0 Å². The molecule has 3 unspecified atom stereocenters. The van der Waals surface area contributed by atoms with Crippen LogP contribution in [0.3, 0.4) is 0 Å². The van der Waals surface area contributed by atoms with E-state index in [2.05, 4.69) is 149 Å². The van der Waals surface area contributed by atoms with Gasteiger partial charge in [0.05, 0.1) is 14.2 Å². The Morgan fingerprint density at radius 1 is 0.660 bits per heavy atom. The van der Waals surface area contributed by atoms with Gasteiger partial charge in [0.1, 0.15) is 17.2 Å². The Hall–Kier alpha value is -5.06. The molecule has 2 aliphatic heterocycles. The number of fused-ring (bicyclic) bond motifs is 12. The third-order valence-corrected chi connectivity index (χ3v) is 12.5. The summed E-state index contributed by atoms with van der Waals surface area (Å²) in [5.74, 6) is 3.04. The van der Waals surface area contributed by atoms with Crippen molar-refractivity contribution in [2.75, 3.05) is 21.3 Å². The number of rotatable bonds is 4. The minimum Gasteiger partial charge on any atom is -0.497 e. The highest BCUT2D eigenvalue weighted by molar-refractivity contribution is 6.07. The number of methoxy groups -OCH3 is 2. The zero-order chi connectivity index (χ0) is 34.6. The number of hydrogen-bond donors (Lipinski definition) is 0. The van der Waals surface area contributed by atoms with Crippen LogP contribution in [0.4, 0.5) is 0 Å². The Balaban J connectivity index is 1.41. The van der Waals surface area contributed by atoms with E-state index in [-0.39, 0.29) is 17.0 Å². The summed E-state index contributed by atoms with van der Waals surface area (Å²) >= 11 is 0. The molecule has 0 amide bonds. The smallest absolute Gasteiger partial charge is 0.178 e. The highest BCUT2D eigenvalue weighted by atomic mass is 16.5. The van der Waals surface area contributed by atoms with Gasteiger partial charge in [0.15, 0.2) is 5.60 Å². The van der Waals surface area contributed by atoms with Gasteiger partial charge in [0.2, 0.25) is 0 Å². The molecule has 3 aliphatic rings. The van der Waals surface area contributed by atoms with Crippen LogP contribution in [0.5, 0.6) is 17.2 Å². The van der Waals surface area contributed by atoms with Gasteiger partial charge in [-0.05, 0) is 110 Å². The number of likely N-dealkylation sites (tertiary alicyclic amines) is 1. The molecule has 0 saturated carbocycles. The zero-order valence-electron chi connectivity index (χ0n) is 29.9. The molecule has 4 heteroatoms. The topological polar surface area (TPSA) is 30.9 Å². The molecule has 250 valence electrons. The lowest BCUT2D eigenvalue weighted by Gasteiger charge is -2.43. The maximum absolute atomic E-state index is 7.74. The average Bonchev–Trinajstić information content (AvgIpc) is 3.30. The van der Waals surface area contributed by atoms with E-state index in [1.165, 1.54) is 33.0 Å². The number of likely N-dealkylation sites (N-methyl/N-ethyl adjacent to an activating group) is 1. The van der Waals surface area contributed by atoms with Gasteiger partial charge in [-0.15, -0.1) is 0 Å². The van der Waals surface area contributed by atoms with E-state index >= 15 is 0 Å². The van der Waals surface area contributed by atoms with Gasteiger partial charge in [-0.3, -0.25) is 4.90 Å². The molecule has 2 heterocycles. The summed E-state index contributed by atoms with van der Waals surface area (Å²) in [6, 6.07) is 39.1. The van der Waals surface area contributed by atoms with E-state index in [1.54, 1.807) is 14.2 Å². The van der Waals surface area contributed by atoms with Crippen molar-refractivity contribution in [2.24, 2.45) is 0 Å². The summed E-state index contributed by atoms with van der Waals surface area (Å²) < 4.78 is 19.2. The van der Waals surface area contributed by atoms with E-state index in [0.717, 1.165) is 44.7 Å². The maximum atomic E-state index is 7.74. The van der Waals surface area contributed by atoms with Crippen LogP contribution in [0.1, 0.15) is 67.3 Å². The Kier molecular flexibility index (Phi) is 6.64. The van der Waals surface area contributed by atoms with Crippen LogP contribution >= 0.6 is 0 Å². The number of hydrogen-bond acceptors (Lipinski definition) is 4. The molecule has 3 atom stereocenters. The molecule has 1 aliphatic carbocycles. The molecule has 1 fully saturated rings. The van der Waals surface area contributed by atoms with E-state index in [9.17, 15) is 0 Å². The van der Waals surface area contributed by atoms with Crippen molar-refractivity contribution in [2.45, 2.75) is 56.2 Å². The zero-order valence-corrected chi connectivity index (χ0v) is 29.9. The summed E-state index contributed by atoms with van der Waals surface area (Å²) in [5.41, 5.74) is 7.62. The fourth-order valence-corrected chi connectivity index (χ4v) is 9.78. The fourth-order valence-electron chi connectivity index (χ4n) is 9.78. The van der Waals surface area contributed by atoms with Gasteiger partial charge in [-0.2, -0.15) is 0 Å². The van der Waals surface area contributed by atoms with Crippen molar-refractivity contribution in [1.29, 1.82) is 0 Å². The lowest BCUT2D eigenvalue weighted by molar-refractivity contribution is 0.106. The standard InChI is InChI=1S/C46H43NO3/c1-44(2)41-35-17-11-10-16-33(35)39-34-24-23-31(49-7)27-37(34)43-36(40(39)42(41)45(3,4)47(44)5)25-26-46(50-43,29-19-21-30(48-6)22-20-29)38-18-12-14-28-13-8-9-15-32(28)38/h8-27,41-42H,1-7H3. The van der Waals surface area contributed by atoms with Crippen molar-refractivity contribution in [1.82, 2.24) is 4.90 Å². The van der Waals surface area contributed by atoms with Crippen LogP contribution in [0.15, 0.2) is 115 Å². The van der Waals surface area contributed by atoms with Crippen molar-refractivity contribution >= 4 is 27.6 Å². The van der Waals surface area contributed by atoms with Crippen LogP contribution in [0.25, 0.3) is 38.7 Å². The molecule has 0 spiro atoms. The van der Waals surface area contributed by atoms with Gasteiger partial charge in [-0.25, -0.2) is 0 Å². The number of ether oxygens (including phenoxy) is 3. The van der Waals surface area contributed by atoms with Gasteiger partial charge >= 0.3 is 0 Å². The first-order chi connectivity index (χ1) is 24.1. The van der Waals surface area contributed by atoms with Gasteiger partial charge in [0, 0.05) is 45.0 Å². The van der Waals surface area contributed by atoms with Gasteiger partial charge in [-0.1, -0.05) is 84.9 Å². The number of nitrogens with zero attached hydrogens (tertiary/aromatic N) is 1. The lowest BCUT2D eigenvalue weighted by atomic mass is 9.62. The quantitative estimate of drug-likeness (QED) is 0.189. The Morgan fingerprint density at radius 3 is 2.12 bits per heavy atom. The summed E-state index contributed by atoms with van der Waals surface area (Å²) in [7, 11) is 5.75. The van der Waals surface area contributed by atoms with E-state index < -0.39 is 5.60 Å². The normalized spacial score (nSPS) is 22.7. The summed E-state index contributed by atoms with van der Waals surface area (Å²) in [4.78, 5) is 2.61. The lowest BCUT2D eigenvalue weighted by Crippen LogP contribution is -2.47. The predicted octanol–water partition coefficient (Wildman–Crippen LogP) is 10.7. The fraction of sp³-hybridized carbons (Fsp3) is 0.261. The molecule has 6 aromatic carbocycles. The minimum absolute atomic E-state index is 0.0707. The van der Waals surface area contributed by atoms with E-state index in [0.29, 0.717) is 5.92 Å². The van der Waals surface area contributed by atoms with Crippen LogP contribution in [-0.4, -0.2) is 37.2 Å². The largest absolute Gasteiger partial charge is 0.497 e. The second-order valence-corrected chi connectivity index (χ2v) is 15.3. The molecular weight excluding hydrogens is 615 g/mol. The molecule has 1 saturated heterocycles. The van der Waals surface area contributed by atoms with Crippen LogP contribution in [0, 0.1) is 0 Å². The molecule has 4 nitrogen and oxygen atoms in total. The van der Waals surface area contributed by atoms with Crippen molar-refractivity contribution in [3.05, 3.63) is 143 Å². The van der Waals surface area contributed by atoms with Gasteiger partial charge < -0.3 is 14.2 Å². The van der Waals surface area contributed by atoms with Crippen LogP contribution in [0.2, 0.25) is 0 Å². The highest BCUT2D eigenvalue weighted by Gasteiger charge is 2.60. The molecule has 6 aromatic rings. The van der Waals surface area contributed by atoms with E-state index in [4.69, 9.17) is 14.2 Å². The van der Waals surface area contributed by atoms with Crippen LogP contribution < -0.4 is 14.2 Å². The average molecular weight is 658 g/mol. The number of benzene rings is 6. The first-order valence-corrected chi connectivity index (χ1v) is 17.6. The summed E-state index contributed by atoms with van der Waals surface area (Å²) in [5, 5.41) is 4.57. The molecule has 50 heavy (non-hydrogen) atoms.